The second-order valence-corrected chi connectivity index (χ2v) is 6.54. The maximum Gasteiger partial charge on any atom is 0.319 e. The smallest absolute Gasteiger partial charge is 0.319 e. The number of sulfone groups is 1. The van der Waals surface area contributed by atoms with Crippen molar-refractivity contribution in [1.29, 1.82) is 0 Å². The Kier molecular flexibility index (Phi) is 6.14. The van der Waals surface area contributed by atoms with E-state index in [2.05, 4.69) is 5.32 Å². The quantitative estimate of drug-likeness (QED) is 0.491. The first-order chi connectivity index (χ1) is 8.56. The van der Waals surface area contributed by atoms with Gasteiger partial charge in [-0.25, -0.2) is 8.42 Å². The number of carbonyl (C=O) groups excluding carboxylic acids is 3. The van der Waals surface area contributed by atoms with Crippen molar-refractivity contribution >= 4 is 27.5 Å². The molecule has 0 aromatic carbocycles. The van der Waals surface area contributed by atoms with Crippen LogP contribution in [-0.2, 0) is 29.0 Å². The molecule has 0 unspecified atom stereocenters. The number of Topliss-reactive ketones (excluding diaryl/α,β-unsaturated/α-hetero) is 1. The van der Waals surface area contributed by atoms with Crippen molar-refractivity contribution in [3.63, 3.8) is 0 Å². The van der Waals surface area contributed by atoms with Crippen LogP contribution in [0, 0.1) is 5.41 Å². The van der Waals surface area contributed by atoms with Crippen LogP contribution < -0.4 is 5.32 Å². The molecule has 0 saturated carbocycles. The van der Waals surface area contributed by atoms with Crippen LogP contribution in [-0.4, -0.2) is 51.2 Å². The first-order valence-corrected chi connectivity index (χ1v) is 7.50. The normalized spacial score (nSPS) is 11.8. The Labute approximate surface area is 112 Å². The molecule has 0 aliphatic heterocycles. The Balaban J connectivity index is 4.86. The summed E-state index contributed by atoms with van der Waals surface area (Å²) in [6.45, 7) is 4.27. The number of carbonyl (C=O) groups is 3. The molecular weight excluding hydrogens is 274 g/mol. The van der Waals surface area contributed by atoms with Crippen molar-refractivity contribution in [1.82, 2.24) is 5.32 Å². The predicted octanol–water partition coefficient (Wildman–Crippen LogP) is -0.694. The van der Waals surface area contributed by atoms with Gasteiger partial charge in [-0.1, -0.05) is 0 Å². The monoisotopic (exact) mass is 293 g/mol. The second-order valence-electron chi connectivity index (χ2n) is 4.47. The molecule has 0 rings (SSSR count). The summed E-state index contributed by atoms with van der Waals surface area (Å²) >= 11 is 0. The van der Waals surface area contributed by atoms with E-state index in [1.165, 1.54) is 20.9 Å². The van der Waals surface area contributed by atoms with Crippen LogP contribution in [0.25, 0.3) is 0 Å². The molecule has 0 aromatic heterocycles. The summed E-state index contributed by atoms with van der Waals surface area (Å²) in [5.74, 6) is -3.94. The van der Waals surface area contributed by atoms with Crippen molar-refractivity contribution in [3.8, 4) is 0 Å². The van der Waals surface area contributed by atoms with Gasteiger partial charge in [0.05, 0.1) is 6.61 Å². The minimum absolute atomic E-state index is 0.0978. The number of amides is 1. The zero-order valence-electron chi connectivity index (χ0n) is 11.5. The van der Waals surface area contributed by atoms with Crippen molar-refractivity contribution in [2.75, 3.05) is 25.2 Å². The highest BCUT2D eigenvalue weighted by Crippen LogP contribution is 2.20. The molecule has 110 valence electrons. The summed E-state index contributed by atoms with van der Waals surface area (Å²) in [6, 6.07) is 0. The van der Waals surface area contributed by atoms with Crippen LogP contribution in [0.1, 0.15) is 20.8 Å². The molecule has 0 atom stereocenters. The van der Waals surface area contributed by atoms with Crippen LogP contribution in [0.15, 0.2) is 0 Å². The number of ether oxygens (including phenoxy) is 1. The summed E-state index contributed by atoms with van der Waals surface area (Å²) < 4.78 is 27.9. The second kappa shape index (κ2) is 6.65. The molecule has 0 saturated heterocycles. The molecule has 0 aromatic rings. The molecule has 0 bridgehead atoms. The average molecular weight is 293 g/mol. The molecule has 8 heteroatoms. The lowest BCUT2D eigenvalue weighted by Crippen LogP contribution is -2.40. The Morgan fingerprint density at radius 2 is 1.68 bits per heavy atom. The lowest BCUT2D eigenvalue weighted by Gasteiger charge is -2.20. The van der Waals surface area contributed by atoms with E-state index >= 15 is 0 Å². The van der Waals surface area contributed by atoms with Crippen LogP contribution in [0.3, 0.4) is 0 Å². The molecule has 19 heavy (non-hydrogen) atoms. The summed E-state index contributed by atoms with van der Waals surface area (Å²) in [4.78, 5) is 34.4. The largest absolute Gasteiger partial charge is 0.465 e. The lowest BCUT2D eigenvalue weighted by molar-refractivity contribution is -0.157. The number of nitrogens with one attached hydrogen (secondary N) is 1. The topological polar surface area (TPSA) is 107 Å². The predicted molar refractivity (Wildman–Crippen MR) is 68.1 cm³/mol. The Morgan fingerprint density at radius 1 is 1.16 bits per heavy atom. The molecular formula is C11H19NO6S. The van der Waals surface area contributed by atoms with E-state index in [0.717, 1.165) is 0 Å². The Bertz CT molecular complexity index is 466. The van der Waals surface area contributed by atoms with E-state index in [1.807, 2.05) is 0 Å². The number of hydrogen-bond donors (Lipinski definition) is 1. The third-order valence-corrected chi connectivity index (χ3v) is 3.87. The van der Waals surface area contributed by atoms with Gasteiger partial charge >= 0.3 is 5.97 Å². The van der Waals surface area contributed by atoms with Crippen LogP contribution >= 0.6 is 0 Å². The fourth-order valence-electron chi connectivity index (χ4n) is 1.13. The SMILES string of the molecule is CCOC(=O)C(C)(C)C(=O)CS(=O)(=O)CC(=O)NC. The molecule has 1 N–H and O–H groups in total. The summed E-state index contributed by atoms with van der Waals surface area (Å²) in [7, 11) is -2.60. The standard InChI is InChI=1S/C11H19NO6S/c1-5-18-10(15)11(2,3)8(13)6-19(16,17)7-9(14)12-4/h5-7H2,1-4H3,(H,12,14). The summed E-state index contributed by atoms with van der Waals surface area (Å²) in [6.07, 6.45) is 0. The zero-order valence-corrected chi connectivity index (χ0v) is 12.3. The molecule has 0 heterocycles. The van der Waals surface area contributed by atoms with Gasteiger partial charge in [0.15, 0.2) is 15.6 Å². The Hall–Kier alpha value is -1.44. The molecule has 0 spiro atoms. The van der Waals surface area contributed by atoms with Crippen LogP contribution in [0.4, 0.5) is 0 Å². The van der Waals surface area contributed by atoms with E-state index in [4.69, 9.17) is 4.74 Å². The van der Waals surface area contributed by atoms with E-state index < -0.39 is 44.4 Å². The van der Waals surface area contributed by atoms with Gasteiger partial charge in [-0.2, -0.15) is 0 Å². The highest BCUT2D eigenvalue weighted by molar-refractivity contribution is 7.92. The van der Waals surface area contributed by atoms with Crippen LogP contribution in [0.5, 0.6) is 0 Å². The Morgan fingerprint density at radius 3 is 2.11 bits per heavy atom. The summed E-state index contributed by atoms with van der Waals surface area (Å²) in [5, 5.41) is 2.16. The van der Waals surface area contributed by atoms with Crippen molar-refractivity contribution in [2.24, 2.45) is 5.41 Å². The summed E-state index contributed by atoms with van der Waals surface area (Å²) in [5.41, 5.74) is -1.55. The molecule has 0 aliphatic carbocycles. The fraction of sp³-hybridized carbons (Fsp3) is 0.727. The van der Waals surface area contributed by atoms with Crippen molar-refractivity contribution in [2.45, 2.75) is 20.8 Å². The maximum atomic E-state index is 11.9. The molecule has 0 aliphatic rings. The maximum absolute atomic E-state index is 11.9. The van der Waals surface area contributed by atoms with Gasteiger partial charge < -0.3 is 10.1 Å². The zero-order chi connectivity index (χ0) is 15.3. The minimum Gasteiger partial charge on any atom is -0.465 e. The highest BCUT2D eigenvalue weighted by atomic mass is 32.2. The molecule has 0 fully saturated rings. The average Bonchev–Trinajstić information content (AvgIpc) is 2.27. The number of hydrogen-bond acceptors (Lipinski definition) is 6. The van der Waals surface area contributed by atoms with E-state index in [9.17, 15) is 22.8 Å². The van der Waals surface area contributed by atoms with Gasteiger partial charge in [-0.05, 0) is 20.8 Å². The van der Waals surface area contributed by atoms with Crippen LogP contribution in [0.2, 0.25) is 0 Å². The van der Waals surface area contributed by atoms with Crippen molar-refractivity contribution < 1.29 is 27.5 Å². The van der Waals surface area contributed by atoms with Gasteiger partial charge in [0.2, 0.25) is 5.91 Å². The first-order valence-electron chi connectivity index (χ1n) is 5.68. The van der Waals surface area contributed by atoms with E-state index in [1.54, 1.807) is 6.92 Å². The minimum atomic E-state index is -3.89. The fourth-order valence-corrected chi connectivity index (χ4v) is 2.53. The third kappa shape index (κ3) is 5.37. The third-order valence-electron chi connectivity index (χ3n) is 2.46. The molecule has 7 nitrogen and oxygen atoms in total. The first kappa shape index (κ1) is 17.6. The van der Waals surface area contributed by atoms with Gasteiger partial charge in [0, 0.05) is 7.05 Å². The van der Waals surface area contributed by atoms with E-state index in [0.29, 0.717) is 0 Å². The van der Waals surface area contributed by atoms with Gasteiger partial charge in [0.1, 0.15) is 16.9 Å². The number of rotatable bonds is 7. The van der Waals surface area contributed by atoms with E-state index in [-0.39, 0.29) is 6.61 Å². The number of ketones is 1. The van der Waals surface area contributed by atoms with Gasteiger partial charge in [-0.15, -0.1) is 0 Å². The van der Waals surface area contributed by atoms with Gasteiger partial charge in [-0.3, -0.25) is 14.4 Å². The molecule has 0 radical (unpaired) electrons. The molecule has 1 amide bonds. The lowest BCUT2D eigenvalue weighted by atomic mass is 9.89. The highest BCUT2D eigenvalue weighted by Gasteiger charge is 2.39. The van der Waals surface area contributed by atoms with Crippen molar-refractivity contribution in [3.05, 3.63) is 0 Å². The number of esters is 1. The van der Waals surface area contributed by atoms with Gasteiger partial charge in [0.25, 0.3) is 0 Å².